The zero-order valence-electron chi connectivity index (χ0n) is 23.7. The average Bonchev–Trinajstić information content (AvgIpc) is 3.37. The third-order valence-electron chi connectivity index (χ3n) is 7.06. The first kappa shape index (κ1) is 27.8. The van der Waals surface area contributed by atoms with Gasteiger partial charge in [-0.3, -0.25) is 4.79 Å². The zero-order chi connectivity index (χ0) is 28.6. The number of aryl methyl sites for hydroxylation is 2. The maximum absolute atomic E-state index is 12.9. The van der Waals surface area contributed by atoms with Crippen molar-refractivity contribution in [3.63, 3.8) is 0 Å². The Morgan fingerprint density at radius 2 is 1.56 bits per heavy atom. The summed E-state index contributed by atoms with van der Waals surface area (Å²) in [5, 5.41) is 5.29. The fourth-order valence-corrected chi connectivity index (χ4v) is 5.05. The Kier molecular flexibility index (Phi) is 8.89. The number of hydrogen-bond donors (Lipinski definition) is 1. The van der Waals surface area contributed by atoms with E-state index in [2.05, 4.69) is 34.1 Å². The van der Waals surface area contributed by atoms with Crippen molar-refractivity contribution in [2.24, 2.45) is 0 Å². The molecule has 0 atom stereocenters. The number of benzene rings is 4. The summed E-state index contributed by atoms with van der Waals surface area (Å²) < 4.78 is 24.5. The standard InChI is InChI=1S/C33H35N3O5/c1-38-29-21-24(22-30(39-2)32(29)40-3)33(37)34-18-9-17-31-35-26-14-6-7-15-27(26)36(31)19-10-20-41-28-16-8-12-23-11-4-5-13-25(23)28/h4-8,11-16,21-22H,9-10,17-20H2,1-3H3,(H,34,37). The van der Waals surface area contributed by atoms with Crippen LogP contribution in [0, 0.1) is 0 Å². The molecule has 0 spiro atoms. The number of carbonyl (C=O) groups is 1. The first-order valence-electron chi connectivity index (χ1n) is 13.8. The molecule has 1 N–H and O–H groups in total. The van der Waals surface area contributed by atoms with Gasteiger partial charge in [0.05, 0.1) is 39.0 Å². The van der Waals surface area contributed by atoms with Crippen molar-refractivity contribution in [3.05, 3.63) is 90.3 Å². The fraction of sp³-hybridized carbons (Fsp3) is 0.273. The lowest BCUT2D eigenvalue weighted by Crippen LogP contribution is -2.25. The summed E-state index contributed by atoms with van der Waals surface area (Å²) in [4.78, 5) is 17.8. The number of hydrogen-bond acceptors (Lipinski definition) is 6. The van der Waals surface area contributed by atoms with Crippen LogP contribution in [0.4, 0.5) is 0 Å². The highest BCUT2D eigenvalue weighted by atomic mass is 16.5. The van der Waals surface area contributed by atoms with Crippen molar-refractivity contribution in [2.75, 3.05) is 34.5 Å². The minimum atomic E-state index is -0.205. The van der Waals surface area contributed by atoms with Crippen molar-refractivity contribution in [1.29, 1.82) is 0 Å². The summed E-state index contributed by atoms with van der Waals surface area (Å²) in [6, 6.07) is 25.9. The predicted molar refractivity (Wildman–Crippen MR) is 161 cm³/mol. The number of nitrogens with one attached hydrogen (secondary N) is 1. The molecule has 0 aliphatic heterocycles. The van der Waals surface area contributed by atoms with Gasteiger partial charge in [-0.05, 0) is 48.6 Å². The molecule has 0 radical (unpaired) electrons. The number of ether oxygens (including phenoxy) is 4. The summed E-state index contributed by atoms with van der Waals surface area (Å²) >= 11 is 0. The molecule has 1 amide bonds. The molecule has 0 saturated carbocycles. The molecule has 5 rings (SSSR count). The van der Waals surface area contributed by atoms with Gasteiger partial charge in [-0.1, -0.05) is 48.5 Å². The van der Waals surface area contributed by atoms with E-state index in [4.69, 9.17) is 23.9 Å². The van der Waals surface area contributed by atoms with E-state index >= 15 is 0 Å². The molecule has 8 heteroatoms. The lowest BCUT2D eigenvalue weighted by Gasteiger charge is -2.14. The molecule has 8 nitrogen and oxygen atoms in total. The van der Waals surface area contributed by atoms with Gasteiger partial charge in [0.15, 0.2) is 11.5 Å². The third-order valence-corrected chi connectivity index (χ3v) is 7.06. The normalized spacial score (nSPS) is 11.0. The molecule has 0 saturated heterocycles. The van der Waals surface area contributed by atoms with Gasteiger partial charge in [0.25, 0.3) is 5.91 Å². The third kappa shape index (κ3) is 6.22. The minimum Gasteiger partial charge on any atom is -0.493 e. The number of rotatable bonds is 13. The Balaban J connectivity index is 1.19. The molecule has 1 heterocycles. The summed E-state index contributed by atoms with van der Waals surface area (Å²) in [6.45, 7) is 1.89. The molecule has 0 unspecified atom stereocenters. The van der Waals surface area contributed by atoms with E-state index in [-0.39, 0.29) is 5.91 Å². The summed E-state index contributed by atoms with van der Waals surface area (Å²) in [6.07, 6.45) is 2.31. The highest BCUT2D eigenvalue weighted by Crippen LogP contribution is 2.38. The van der Waals surface area contributed by atoms with Crippen molar-refractivity contribution in [2.45, 2.75) is 25.8 Å². The number of para-hydroxylation sites is 2. The quantitative estimate of drug-likeness (QED) is 0.179. The number of aromatic nitrogens is 2. The van der Waals surface area contributed by atoms with Gasteiger partial charge >= 0.3 is 0 Å². The molecule has 0 fully saturated rings. The topological polar surface area (TPSA) is 83.8 Å². The summed E-state index contributed by atoms with van der Waals surface area (Å²) in [5.41, 5.74) is 2.52. The molecular formula is C33H35N3O5. The number of amides is 1. The van der Waals surface area contributed by atoms with Gasteiger partial charge in [0.1, 0.15) is 11.6 Å². The molecule has 5 aromatic rings. The van der Waals surface area contributed by atoms with Crippen molar-refractivity contribution in [3.8, 4) is 23.0 Å². The van der Waals surface area contributed by atoms with Crippen LogP contribution in [0.25, 0.3) is 21.8 Å². The monoisotopic (exact) mass is 553 g/mol. The van der Waals surface area contributed by atoms with Crippen LogP contribution in [0.15, 0.2) is 78.9 Å². The maximum Gasteiger partial charge on any atom is 0.251 e. The van der Waals surface area contributed by atoms with Crippen molar-refractivity contribution >= 4 is 27.7 Å². The van der Waals surface area contributed by atoms with E-state index in [1.54, 1.807) is 12.1 Å². The zero-order valence-corrected chi connectivity index (χ0v) is 23.7. The van der Waals surface area contributed by atoms with E-state index < -0.39 is 0 Å². The molecular weight excluding hydrogens is 518 g/mol. The molecule has 212 valence electrons. The van der Waals surface area contributed by atoms with E-state index in [0.29, 0.717) is 36.0 Å². The predicted octanol–water partition coefficient (Wildman–Crippen LogP) is 6.05. The highest BCUT2D eigenvalue weighted by molar-refractivity contribution is 5.95. The first-order chi connectivity index (χ1) is 20.1. The minimum absolute atomic E-state index is 0.205. The van der Waals surface area contributed by atoms with Crippen LogP contribution in [-0.4, -0.2) is 49.9 Å². The highest BCUT2D eigenvalue weighted by Gasteiger charge is 2.17. The van der Waals surface area contributed by atoms with Crippen LogP contribution in [0.5, 0.6) is 23.0 Å². The Labute approximate surface area is 239 Å². The van der Waals surface area contributed by atoms with E-state index in [9.17, 15) is 4.79 Å². The number of imidazole rings is 1. The average molecular weight is 554 g/mol. The fourth-order valence-electron chi connectivity index (χ4n) is 5.05. The summed E-state index contributed by atoms with van der Waals surface area (Å²) in [7, 11) is 4.59. The Bertz CT molecular complexity index is 1610. The summed E-state index contributed by atoms with van der Waals surface area (Å²) in [5.74, 6) is 3.03. The van der Waals surface area contributed by atoms with Gasteiger partial charge in [-0.25, -0.2) is 4.98 Å². The van der Waals surface area contributed by atoms with Crippen molar-refractivity contribution in [1.82, 2.24) is 14.9 Å². The number of nitrogens with zero attached hydrogens (tertiary/aromatic N) is 2. The van der Waals surface area contributed by atoms with Crippen molar-refractivity contribution < 1.29 is 23.7 Å². The molecule has 4 aromatic carbocycles. The van der Waals surface area contributed by atoms with Gasteiger partial charge < -0.3 is 28.8 Å². The SMILES string of the molecule is COc1cc(C(=O)NCCCc2nc3ccccc3n2CCCOc2cccc3ccccc23)cc(OC)c1OC. The molecule has 41 heavy (non-hydrogen) atoms. The van der Waals surface area contributed by atoms with Crippen LogP contribution in [0.3, 0.4) is 0 Å². The van der Waals surface area contributed by atoms with Gasteiger partial charge in [0.2, 0.25) is 5.75 Å². The molecule has 0 aliphatic rings. The Morgan fingerprint density at radius 3 is 2.34 bits per heavy atom. The van der Waals surface area contributed by atoms with Crippen LogP contribution >= 0.6 is 0 Å². The van der Waals surface area contributed by atoms with Crippen LogP contribution in [-0.2, 0) is 13.0 Å². The first-order valence-corrected chi connectivity index (χ1v) is 13.8. The Hall–Kier alpha value is -4.72. The largest absolute Gasteiger partial charge is 0.493 e. The number of carbonyl (C=O) groups excluding carboxylic acids is 1. The van der Waals surface area contributed by atoms with Crippen LogP contribution in [0.1, 0.15) is 29.0 Å². The molecule has 0 bridgehead atoms. The van der Waals surface area contributed by atoms with Gasteiger partial charge in [-0.2, -0.15) is 0 Å². The van der Waals surface area contributed by atoms with Crippen LogP contribution in [0.2, 0.25) is 0 Å². The van der Waals surface area contributed by atoms with Crippen LogP contribution < -0.4 is 24.3 Å². The number of fused-ring (bicyclic) bond motifs is 2. The second kappa shape index (κ2) is 13.1. The maximum atomic E-state index is 12.9. The lowest BCUT2D eigenvalue weighted by molar-refractivity contribution is 0.0952. The van der Waals surface area contributed by atoms with E-state index in [1.165, 1.54) is 26.7 Å². The second-order valence-electron chi connectivity index (χ2n) is 9.62. The Morgan fingerprint density at radius 1 is 0.829 bits per heavy atom. The van der Waals surface area contributed by atoms with Gasteiger partial charge in [0, 0.05) is 30.5 Å². The second-order valence-corrected chi connectivity index (χ2v) is 9.62. The molecule has 1 aromatic heterocycles. The molecule has 0 aliphatic carbocycles. The smallest absolute Gasteiger partial charge is 0.251 e. The lowest BCUT2D eigenvalue weighted by atomic mass is 10.1. The number of methoxy groups -OCH3 is 3. The van der Waals surface area contributed by atoms with Gasteiger partial charge in [-0.15, -0.1) is 0 Å². The van der Waals surface area contributed by atoms with E-state index in [0.717, 1.165) is 53.8 Å². The van der Waals surface area contributed by atoms with E-state index in [1.807, 2.05) is 42.5 Å².